The van der Waals surface area contributed by atoms with Crippen LogP contribution in [0.4, 0.5) is 0 Å². The van der Waals surface area contributed by atoms with E-state index < -0.39 is 6.72 Å². The number of benzene rings is 1. The molecular weight excluding hydrogens is 231 g/mol. The van der Waals surface area contributed by atoms with Crippen LogP contribution in [0, 0.1) is 6.92 Å². The van der Waals surface area contributed by atoms with Crippen LogP contribution in [0.2, 0.25) is 0 Å². The highest BCUT2D eigenvalue weighted by Crippen LogP contribution is 2.54. The van der Waals surface area contributed by atoms with Crippen molar-refractivity contribution in [1.82, 2.24) is 0 Å². The smallest absolute Gasteiger partial charge is 0.380 e. The van der Waals surface area contributed by atoms with Crippen LogP contribution in [0.1, 0.15) is 18.1 Å². The van der Waals surface area contributed by atoms with Crippen molar-refractivity contribution in [2.24, 2.45) is 0 Å². The molecule has 1 unspecified atom stereocenters. The third-order valence-corrected chi connectivity index (χ3v) is 4.39. The van der Waals surface area contributed by atoms with E-state index in [0.29, 0.717) is 13.2 Å². The minimum Gasteiger partial charge on any atom is -0.424 e. The number of aryl methyl sites for hydroxylation is 1. The summed E-state index contributed by atoms with van der Waals surface area (Å²) in [5.74, 6) is 0.795. The molecule has 0 aliphatic carbocycles. The topological polar surface area (TPSA) is 27.7 Å². The second kappa shape index (κ2) is 4.22. The fourth-order valence-electron chi connectivity index (χ4n) is 1.43. The number of fused-ring (bicyclic) bond motifs is 1. The number of rotatable bonds is 2. The Balaban J connectivity index is 2.27. The van der Waals surface area contributed by atoms with Gasteiger partial charge in [0.1, 0.15) is 5.75 Å². The monoisotopic (exact) mass is 244 g/mol. The molecule has 1 heterocycles. The van der Waals surface area contributed by atoms with Crippen LogP contribution < -0.4 is 4.52 Å². The van der Waals surface area contributed by atoms with Crippen LogP contribution in [-0.2, 0) is 27.5 Å². The highest BCUT2D eigenvalue weighted by molar-refractivity contribution is 8.07. The Kier molecular flexibility index (Phi) is 3.12. The van der Waals surface area contributed by atoms with Gasteiger partial charge in [-0.05, 0) is 19.9 Å². The summed E-state index contributed by atoms with van der Waals surface area (Å²) in [6.45, 7) is 2.38. The molecule has 1 atom stereocenters. The van der Waals surface area contributed by atoms with Gasteiger partial charge in [-0.1, -0.05) is 17.7 Å². The Morgan fingerprint density at radius 3 is 3.07 bits per heavy atom. The SMILES string of the molecule is CCOP1(=S)OCc2cc(C)ccc2O1. The Labute approximate surface area is 94.6 Å². The van der Waals surface area contributed by atoms with Crippen molar-refractivity contribution >= 4 is 18.5 Å². The molecule has 82 valence electrons. The zero-order chi connectivity index (χ0) is 10.9. The van der Waals surface area contributed by atoms with Gasteiger partial charge in [0.15, 0.2) is 0 Å². The fraction of sp³-hybridized carbons (Fsp3) is 0.400. The summed E-state index contributed by atoms with van der Waals surface area (Å²) in [7, 11) is 0. The van der Waals surface area contributed by atoms with Gasteiger partial charge in [-0.25, -0.2) is 0 Å². The second-order valence-electron chi connectivity index (χ2n) is 3.34. The molecule has 5 heteroatoms. The molecule has 1 aromatic carbocycles. The lowest BCUT2D eigenvalue weighted by atomic mass is 10.1. The molecule has 0 saturated heterocycles. The van der Waals surface area contributed by atoms with E-state index in [1.54, 1.807) is 0 Å². The van der Waals surface area contributed by atoms with Crippen molar-refractivity contribution < 1.29 is 13.6 Å². The highest BCUT2D eigenvalue weighted by Gasteiger charge is 2.28. The molecule has 0 saturated carbocycles. The molecule has 0 radical (unpaired) electrons. The Hall–Kier alpha value is -0.410. The lowest BCUT2D eigenvalue weighted by Crippen LogP contribution is -2.09. The molecule has 0 aromatic heterocycles. The van der Waals surface area contributed by atoms with Crippen LogP contribution in [0.3, 0.4) is 0 Å². The third kappa shape index (κ3) is 2.40. The van der Waals surface area contributed by atoms with Gasteiger partial charge in [0.2, 0.25) is 0 Å². The standard InChI is InChI=1S/C10H13O3PS/c1-3-11-14(15)12-7-9-6-8(2)4-5-10(9)13-14/h4-6H,3,7H2,1-2H3. The number of hydrogen-bond acceptors (Lipinski definition) is 4. The molecule has 3 nitrogen and oxygen atoms in total. The van der Waals surface area contributed by atoms with Crippen molar-refractivity contribution in [2.75, 3.05) is 6.61 Å². The number of hydrogen-bond donors (Lipinski definition) is 0. The Morgan fingerprint density at radius 2 is 2.33 bits per heavy atom. The summed E-state index contributed by atoms with van der Waals surface area (Å²) in [5.41, 5.74) is 2.22. The van der Waals surface area contributed by atoms with Gasteiger partial charge in [0.05, 0.1) is 13.2 Å². The lowest BCUT2D eigenvalue weighted by molar-refractivity contribution is 0.185. The van der Waals surface area contributed by atoms with E-state index in [0.717, 1.165) is 11.3 Å². The summed E-state index contributed by atoms with van der Waals surface area (Å²) < 4.78 is 16.4. The van der Waals surface area contributed by atoms with Crippen molar-refractivity contribution in [2.45, 2.75) is 20.5 Å². The second-order valence-corrected chi connectivity index (χ2v) is 6.28. The Bertz CT molecular complexity index is 419. The summed E-state index contributed by atoms with van der Waals surface area (Å²) in [5, 5.41) is 0. The van der Waals surface area contributed by atoms with E-state index in [4.69, 9.17) is 25.4 Å². The highest BCUT2D eigenvalue weighted by atomic mass is 32.5. The maximum absolute atomic E-state index is 5.60. The van der Waals surface area contributed by atoms with E-state index in [2.05, 4.69) is 0 Å². The molecular formula is C10H13O3PS. The zero-order valence-corrected chi connectivity index (χ0v) is 10.4. The molecule has 1 aliphatic rings. The Morgan fingerprint density at radius 1 is 1.53 bits per heavy atom. The minimum absolute atomic E-state index is 0.480. The van der Waals surface area contributed by atoms with Crippen molar-refractivity contribution in [3.8, 4) is 5.75 Å². The average Bonchev–Trinajstić information content (AvgIpc) is 2.19. The summed E-state index contributed by atoms with van der Waals surface area (Å²) >= 11 is 5.21. The van der Waals surface area contributed by atoms with Crippen molar-refractivity contribution in [3.05, 3.63) is 29.3 Å². The molecule has 0 fully saturated rings. The predicted molar refractivity (Wildman–Crippen MR) is 62.5 cm³/mol. The van der Waals surface area contributed by atoms with E-state index in [-0.39, 0.29) is 0 Å². The average molecular weight is 244 g/mol. The molecule has 0 amide bonds. The van der Waals surface area contributed by atoms with Crippen LogP contribution in [-0.4, -0.2) is 6.61 Å². The summed E-state index contributed by atoms with van der Waals surface area (Å²) in [6, 6.07) is 5.96. The van der Waals surface area contributed by atoms with Gasteiger partial charge in [0, 0.05) is 17.4 Å². The molecule has 0 bridgehead atoms. The first kappa shape index (κ1) is 11.1. The molecule has 0 spiro atoms. The summed E-state index contributed by atoms with van der Waals surface area (Å²) in [4.78, 5) is 0. The van der Waals surface area contributed by atoms with Gasteiger partial charge in [-0.3, -0.25) is 9.05 Å². The molecule has 1 aromatic rings. The van der Waals surface area contributed by atoms with Gasteiger partial charge in [-0.15, -0.1) is 0 Å². The van der Waals surface area contributed by atoms with Gasteiger partial charge in [0.25, 0.3) is 0 Å². The van der Waals surface area contributed by atoms with Crippen LogP contribution in [0.5, 0.6) is 5.75 Å². The largest absolute Gasteiger partial charge is 0.424 e. The van der Waals surface area contributed by atoms with Crippen LogP contribution in [0.15, 0.2) is 18.2 Å². The van der Waals surface area contributed by atoms with Crippen molar-refractivity contribution in [1.29, 1.82) is 0 Å². The molecule has 15 heavy (non-hydrogen) atoms. The van der Waals surface area contributed by atoms with E-state index in [9.17, 15) is 0 Å². The quantitative estimate of drug-likeness (QED) is 0.747. The van der Waals surface area contributed by atoms with Gasteiger partial charge < -0.3 is 4.52 Å². The van der Waals surface area contributed by atoms with Crippen LogP contribution >= 0.6 is 6.72 Å². The predicted octanol–water partition coefficient (Wildman–Crippen LogP) is 3.17. The minimum atomic E-state index is -2.53. The summed E-state index contributed by atoms with van der Waals surface area (Å²) in [6.07, 6.45) is 0. The van der Waals surface area contributed by atoms with Gasteiger partial charge >= 0.3 is 6.72 Å². The normalized spacial score (nSPS) is 24.4. The molecule has 0 N–H and O–H groups in total. The van der Waals surface area contributed by atoms with Crippen LogP contribution in [0.25, 0.3) is 0 Å². The third-order valence-electron chi connectivity index (χ3n) is 2.09. The zero-order valence-electron chi connectivity index (χ0n) is 8.73. The molecule has 1 aliphatic heterocycles. The maximum Gasteiger partial charge on any atom is 0.380 e. The van der Waals surface area contributed by atoms with Gasteiger partial charge in [-0.2, -0.15) is 0 Å². The first-order chi connectivity index (χ1) is 7.13. The maximum atomic E-state index is 5.60. The molecule has 2 rings (SSSR count). The fourth-order valence-corrected chi connectivity index (χ4v) is 3.35. The van der Waals surface area contributed by atoms with E-state index >= 15 is 0 Å². The lowest BCUT2D eigenvalue weighted by Gasteiger charge is -2.27. The van der Waals surface area contributed by atoms with Crippen molar-refractivity contribution in [3.63, 3.8) is 0 Å². The van der Waals surface area contributed by atoms with E-state index in [1.807, 2.05) is 32.0 Å². The van der Waals surface area contributed by atoms with E-state index in [1.165, 1.54) is 5.56 Å². The first-order valence-corrected chi connectivity index (χ1v) is 7.37. The first-order valence-electron chi connectivity index (χ1n) is 4.81.